The summed E-state index contributed by atoms with van der Waals surface area (Å²) in [5, 5.41) is 2.28. The van der Waals surface area contributed by atoms with E-state index in [0.717, 1.165) is 16.0 Å². The number of carbonyl (C=O) groups is 3. The summed E-state index contributed by atoms with van der Waals surface area (Å²) in [5.41, 5.74) is 1.72. The third kappa shape index (κ3) is 3.29. The van der Waals surface area contributed by atoms with E-state index in [0.29, 0.717) is 0 Å². The molecule has 5 heteroatoms. The van der Waals surface area contributed by atoms with Crippen LogP contribution in [0.3, 0.4) is 0 Å². The first-order valence-corrected chi connectivity index (χ1v) is 7.39. The van der Waals surface area contributed by atoms with Crippen LogP contribution in [0.4, 0.5) is 4.79 Å². The van der Waals surface area contributed by atoms with Crippen molar-refractivity contribution in [1.29, 1.82) is 0 Å². The van der Waals surface area contributed by atoms with Crippen molar-refractivity contribution < 1.29 is 14.4 Å². The van der Waals surface area contributed by atoms with E-state index in [1.54, 1.807) is 0 Å². The molecule has 1 aliphatic heterocycles. The predicted molar refractivity (Wildman–Crippen MR) is 84.2 cm³/mol. The molecule has 2 aromatic rings. The Morgan fingerprint density at radius 3 is 2.00 bits per heavy atom. The van der Waals surface area contributed by atoms with Crippen LogP contribution >= 0.6 is 0 Å². The van der Waals surface area contributed by atoms with E-state index in [-0.39, 0.29) is 13.0 Å². The molecular weight excluding hydrogens is 292 g/mol. The van der Waals surface area contributed by atoms with Crippen molar-refractivity contribution in [2.24, 2.45) is 5.92 Å². The van der Waals surface area contributed by atoms with Crippen molar-refractivity contribution in [2.75, 3.05) is 0 Å². The lowest BCUT2D eigenvalue weighted by molar-refractivity contribution is -0.142. The second kappa shape index (κ2) is 6.44. The van der Waals surface area contributed by atoms with Gasteiger partial charge in [0.05, 0.1) is 6.54 Å². The summed E-state index contributed by atoms with van der Waals surface area (Å²) < 4.78 is 0. The highest BCUT2D eigenvalue weighted by Gasteiger charge is 2.40. The zero-order chi connectivity index (χ0) is 16.2. The van der Waals surface area contributed by atoms with Gasteiger partial charge in [-0.05, 0) is 17.5 Å². The van der Waals surface area contributed by atoms with Crippen molar-refractivity contribution >= 4 is 17.8 Å². The number of amides is 4. The predicted octanol–water partition coefficient (Wildman–Crippen LogP) is 2.12. The molecule has 4 amide bonds. The third-order valence-electron chi connectivity index (χ3n) is 3.82. The number of benzene rings is 2. The Morgan fingerprint density at radius 1 is 0.826 bits per heavy atom. The maximum atomic E-state index is 12.6. The van der Waals surface area contributed by atoms with Gasteiger partial charge < -0.3 is 0 Å². The fourth-order valence-electron chi connectivity index (χ4n) is 2.61. The Morgan fingerprint density at radius 2 is 1.39 bits per heavy atom. The minimum Gasteiger partial charge on any atom is -0.277 e. The molecule has 0 bridgehead atoms. The summed E-state index contributed by atoms with van der Waals surface area (Å²) in [6.07, 6.45) is 0.282. The van der Waals surface area contributed by atoms with Crippen LogP contribution in [0.5, 0.6) is 0 Å². The van der Waals surface area contributed by atoms with Crippen LogP contribution in [-0.2, 0) is 22.6 Å². The molecule has 116 valence electrons. The van der Waals surface area contributed by atoms with Crippen molar-refractivity contribution in [3.63, 3.8) is 0 Å². The number of nitrogens with zero attached hydrogens (tertiary/aromatic N) is 1. The van der Waals surface area contributed by atoms with Gasteiger partial charge in [-0.25, -0.2) is 4.79 Å². The van der Waals surface area contributed by atoms with Crippen LogP contribution in [0.15, 0.2) is 60.7 Å². The van der Waals surface area contributed by atoms with Gasteiger partial charge in [-0.3, -0.25) is 19.8 Å². The highest BCUT2D eigenvalue weighted by Crippen LogP contribution is 2.18. The lowest BCUT2D eigenvalue weighted by Gasteiger charge is -2.30. The SMILES string of the molecule is O=C1NC(=O)N(Cc2ccccc2)C(=O)[C@H]1Cc1ccccc1. The van der Waals surface area contributed by atoms with Crippen LogP contribution in [-0.4, -0.2) is 22.7 Å². The van der Waals surface area contributed by atoms with Crippen LogP contribution in [0.1, 0.15) is 11.1 Å². The Balaban J connectivity index is 1.80. The van der Waals surface area contributed by atoms with Crippen LogP contribution in [0, 0.1) is 5.92 Å². The summed E-state index contributed by atoms with van der Waals surface area (Å²) in [5.74, 6) is -1.86. The summed E-state index contributed by atoms with van der Waals surface area (Å²) in [6.45, 7) is 0.157. The molecule has 0 saturated carbocycles. The smallest absolute Gasteiger partial charge is 0.277 e. The molecule has 0 spiro atoms. The second-order valence-corrected chi connectivity index (χ2v) is 5.45. The van der Waals surface area contributed by atoms with Crippen molar-refractivity contribution in [2.45, 2.75) is 13.0 Å². The van der Waals surface area contributed by atoms with Gasteiger partial charge in [-0.1, -0.05) is 60.7 Å². The molecule has 23 heavy (non-hydrogen) atoms. The van der Waals surface area contributed by atoms with E-state index in [9.17, 15) is 14.4 Å². The molecular formula is C18H16N2O3. The molecule has 1 N–H and O–H groups in total. The van der Waals surface area contributed by atoms with E-state index < -0.39 is 23.8 Å². The standard InChI is InChI=1S/C18H16N2O3/c21-16-15(11-13-7-3-1-4-8-13)17(22)20(18(23)19-16)12-14-9-5-2-6-10-14/h1-10,15H,11-12H2,(H,19,21,23)/t15-/m0/s1. The van der Waals surface area contributed by atoms with Crippen LogP contribution in [0.2, 0.25) is 0 Å². The zero-order valence-electron chi connectivity index (χ0n) is 12.4. The van der Waals surface area contributed by atoms with Gasteiger partial charge in [0.25, 0.3) is 0 Å². The fourth-order valence-corrected chi connectivity index (χ4v) is 2.61. The molecule has 1 aliphatic rings. The number of urea groups is 1. The maximum absolute atomic E-state index is 12.6. The van der Waals surface area contributed by atoms with Gasteiger partial charge in [0.2, 0.25) is 11.8 Å². The Hall–Kier alpha value is -2.95. The number of barbiturate groups is 1. The molecule has 1 heterocycles. The molecule has 1 fully saturated rings. The number of imide groups is 2. The topological polar surface area (TPSA) is 66.5 Å². The maximum Gasteiger partial charge on any atom is 0.331 e. The first kappa shape index (κ1) is 15.0. The molecule has 1 saturated heterocycles. The van der Waals surface area contributed by atoms with Gasteiger partial charge in [-0.2, -0.15) is 0 Å². The minimum atomic E-state index is -0.876. The van der Waals surface area contributed by atoms with E-state index in [1.165, 1.54) is 0 Å². The lowest BCUT2D eigenvalue weighted by atomic mass is 9.95. The summed E-state index contributed by atoms with van der Waals surface area (Å²) >= 11 is 0. The highest BCUT2D eigenvalue weighted by molar-refractivity contribution is 6.16. The van der Waals surface area contributed by atoms with Gasteiger partial charge in [0, 0.05) is 0 Å². The van der Waals surface area contributed by atoms with E-state index in [2.05, 4.69) is 5.32 Å². The molecule has 1 atom stereocenters. The summed E-state index contributed by atoms with van der Waals surface area (Å²) in [6, 6.07) is 17.9. The van der Waals surface area contributed by atoms with Crippen LogP contribution < -0.4 is 5.32 Å². The van der Waals surface area contributed by atoms with E-state index in [1.807, 2.05) is 60.7 Å². The monoisotopic (exact) mass is 308 g/mol. The molecule has 3 rings (SSSR count). The number of carbonyl (C=O) groups excluding carboxylic acids is 3. The Kier molecular flexibility index (Phi) is 4.19. The molecule has 0 aliphatic carbocycles. The molecule has 0 aromatic heterocycles. The van der Waals surface area contributed by atoms with Crippen molar-refractivity contribution in [1.82, 2.24) is 10.2 Å². The zero-order valence-corrected chi connectivity index (χ0v) is 12.4. The van der Waals surface area contributed by atoms with Gasteiger partial charge >= 0.3 is 6.03 Å². The Bertz CT molecular complexity index is 667. The first-order valence-electron chi connectivity index (χ1n) is 7.39. The van der Waals surface area contributed by atoms with Crippen molar-refractivity contribution in [3.05, 3.63) is 71.8 Å². The molecule has 2 aromatic carbocycles. The van der Waals surface area contributed by atoms with Gasteiger partial charge in [0.1, 0.15) is 5.92 Å². The Labute approximate surface area is 133 Å². The average Bonchev–Trinajstić information content (AvgIpc) is 2.57. The quantitative estimate of drug-likeness (QED) is 0.880. The lowest BCUT2D eigenvalue weighted by Crippen LogP contribution is -2.57. The number of rotatable bonds is 4. The second-order valence-electron chi connectivity index (χ2n) is 5.45. The normalized spacial score (nSPS) is 18.0. The number of nitrogens with one attached hydrogen (secondary N) is 1. The molecule has 0 unspecified atom stereocenters. The van der Waals surface area contributed by atoms with Gasteiger partial charge in [-0.15, -0.1) is 0 Å². The van der Waals surface area contributed by atoms with E-state index >= 15 is 0 Å². The van der Waals surface area contributed by atoms with Gasteiger partial charge in [0.15, 0.2) is 0 Å². The summed E-state index contributed by atoms with van der Waals surface area (Å²) in [4.78, 5) is 37.7. The summed E-state index contributed by atoms with van der Waals surface area (Å²) in [7, 11) is 0. The fraction of sp³-hybridized carbons (Fsp3) is 0.167. The number of hydrogen-bond acceptors (Lipinski definition) is 3. The number of hydrogen-bond donors (Lipinski definition) is 1. The van der Waals surface area contributed by atoms with E-state index in [4.69, 9.17) is 0 Å². The third-order valence-corrected chi connectivity index (χ3v) is 3.82. The first-order chi connectivity index (χ1) is 11.1. The molecule has 5 nitrogen and oxygen atoms in total. The highest BCUT2D eigenvalue weighted by atomic mass is 16.2. The van der Waals surface area contributed by atoms with Crippen molar-refractivity contribution in [3.8, 4) is 0 Å². The average molecular weight is 308 g/mol. The molecule has 0 radical (unpaired) electrons. The largest absolute Gasteiger partial charge is 0.331 e. The van der Waals surface area contributed by atoms with Crippen LogP contribution in [0.25, 0.3) is 0 Å². The minimum absolute atomic E-state index is 0.157.